The molecule has 116 valence electrons. The van der Waals surface area contributed by atoms with Crippen LogP contribution >= 0.6 is 0 Å². The number of nitrogens with two attached hydrogens (primary N) is 1. The van der Waals surface area contributed by atoms with Gasteiger partial charge in [-0.1, -0.05) is 6.07 Å². The van der Waals surface area contributed by atoms with Crippen LogP contribution in [0, 0.1) is 0 Å². The zero-order chi connectivity index (χ0) is 15.5. The zero-order valence-corrected chi connectivity index (χ0v) is 12.1. The van der Waals surface area contributed by atoms with E-state index in [1.165, 1.54) is 0 Å². The molecule has 0 atom stereocenters. The highest BCUT2D eigenvalue weighted by molar-refractivity contribution is 5.79. The van der Waals surface area contributed by atoms with Crippen LogP contribution in [-0.2, 0) is 14.3 Å². The third-order valence-corrected chi connectivity index (χ3v) is 2.53. The fourth-order valence-corrected chi connectivity index (χ4v) is 1.50. The Morgan fingerprint density at radius 2 is 1.95 bits per heavy atom. The zero-order valence-electron chi connectivity index (χ0n) is 12.1. The van der Waals surface area contributed by atoms with Gasteiger partial charge < -0.3 is 25.8 Å². The first kappa shape index (κ1) is 16.8. The Morgan fingerprint density at radius 3 is 2.67 bits per heavy atom. The molecule has 0 saturated heterocycles. The normalized spacial score (nSPS) is 9.95. The third-order valence-electron chi connectivity index (χ3n) is 2.53. The van der Waals surface area contributed by atoms with Crippen molar-refractivity contribution in [3.63, 3.8) is 0 Å². The molecule has 2 amide bonds. The number of carbonyl (C=O) groups is 2. The van der Waals surface area contributed by atoms with E-state index in [1.807, 2.05) is 0 Å². The maximum absolute atomic E-state index is 11.5. The minimum Gasteiger partial charge on any atom is -0.484 e. The second-order valence-electron chi connectivity index (χ2n) is 4.30. The van der Waals surface area contributed by atoms with Crippen molar-refractivity contribution in [1.29, 1.82) is 0 Å². The predicted molar refractivity (Wildman–Crippen MR) is 78.9 cm³/mol. The Labute approximate surface area is 123 Å². The molecule has 0 aliphatic heterocycles. The minimum absolute atomic E-state index is 0.116. The Kier molecular flexibility index (Phi) is 7.67. The summed E-state index contributed by atoms with van der Waals surface area (Å²) in [6.45, 7) is 1.07. The Morgan fingerprint density at radius 1 is 1.19 bits per heavy atom. The lowest BCUT2D eigenvalue weighted by atomic mass is 10.3. The van der Waals surface area contributed by atoms with Crippen LogP contribution in [0.25, 0.3) is 0 Å². The smallest absolute Gasteiger partial charge is 0.257 e. The van der Waals surface area contributed by atoms with E-state index >= 15 is 0 Å². The third kappa shape index (κ3) is 7.78. The van der Waals surface area contributed by atoms with Gasteiger partial charge in [-0.3, -0.25) is 9.59 Å². The second-order valence-corrected chi connectivity index (χ2v) is 4.30. The average molecular weight is 295 g/mol. The summed E-state index contributed by atoms with van der Waals surface area (Å²) in [6, 6.07) is 6.82. The summed E-state index contributed by atoms with van der Waals surface area (Å²) in [5.41, 5.74) is 6.16. The Hall–Kier alpha value is -2.28. The first-order chi connectivity index (χ1) is 10.1. The number of amides is 2. The predicted octanol–water partition coefficient (Wildman–Crippen LogP) is -0.0835. The van der Waals surface area contributed by atoms with Crippen molar-refractivity contribution in [2.24, 2.45) is 0 Å². The molecule has 1 aromatic rings. The minimum atomic E-state index is -0.290. The van der Waals surface area contributed by atoms with Crippen LogP contribution in [0.2, 0.25) is 0 Å². The molecule has 0 heterocycles. The maximum Gasteiger partial charge on any atom is 0.257 e. The number of hydrogen-bond donors (Lipinski definition) is 3. The van der Waals surface area contributed by atoms with Gasteiger partial charge >= 0.3 is 0 Å². The van der Waals surface area contributed by atoms with E-state index in [0.29, 0.717) is 24.6 Å². The number of hydrogen-bond acceptors (Lipinski definition) is 5. The highest BCUT2D eigenvalue weighted by Crippen LogP contribution is 2.13. The van der Waals surface area contributed by atoms with Gasteiger partial charge in [-0.15, -0.1) is 0 Å². The monoisotopic (exact) mass is 295 g/mol. The molecule has 0 bridgehead atoms. The lowest BCUT2D eigenvalue weighted by Crippen LogP contribution is -2.34. The van der Waals surface area contributed by atoms with Crippen LogP contribution in [0.3, 0.4) is 0 Å². The van der Waals surface area contributed by atoms with Gasteiger partial charge in [0.2, 0.25) is 5.91 Å². The summed E-state index contributed by atoms with van der Waals surface area (Å²) in [7, 11) is 1.56. The van der Waals surface area contributed by atoms with E-state index in [2.05, 4.69) is 10.6 Å². The van der Waals surface area contributed by atoms with E-state index in [-0.39, 0.29) is 31.4 Å². The highest BCUT2D eigenvalue weighted by atomic mass is 16.5. The van der Waals surface area contributed by atoms with Gasteiger partial charge in [0, 0.05) is 38.4 Å². The van der Waals surface area contributed by atoms with Gasteiger partial charge in [0.15, 0.2) is 6.61 Å². The van der Waals surface area contributed by atoms with Crippen molar-refractivity contribution in [3.05, 3.63) is 24.3 Å². The number of ether oxygens (including phenoxy) is 2. The summed E-state index contributed by atoms with van der Waals surface area (Å²) in [6.07, 6.45) is 0.216. The second kappa shape index (κ2) is 9.60. The summed E-state index contributed by atoms with van der Waals surface area (Å²) in [5, 5.41) is 5.26. The van der Waals surface area contributed by atoms with Crippen molar-refractivity contribution >= 4 is 17.5 Å². The van der Waals surface area contributed by atoms with E-state index < -0.39 is 0 Å². The summed E-state index contributed by atoms with van der Waals surface area (Å²) in [4.78, 5) is 22.9. The van der Waals surface area contributed by atoms with Gasteiger partial charge in [-0.25, -0.2) is 0 Å². The van der Waals surface area contributed by atoms with E-state index in [9.17, 15) is 9.59 Å². The van der Waals surface area contributed by atoms with Crippen LogP contribution in [-0.4, -0.2) is 45.2 Å². The summed E-state index contributed by atoms with van der Waals surface area (Å²) >= 11 is 0. The molecule has 1 aromatic carbocycles. The molecular formula is C14H21N3O4. The lowest BCUT2D eigenvalue weighted by Gasteiger charge is -2.08. The first-order valence-corrected chi connectivity index (χ1v) is 6.62. The van der Waals surface area contributed by atoms with Gasteiger partial charge in [0.1, 0.15) is 5.75 Å². The van der Waals surface area contributed by atoms with Crippen molar-refractivity contribution in [2.45, 2.75) is 6.42 Å². The van der Waals surface area contributed by atoms with Crippen LogP contribution < -0.4 is 21.1 Å². The molecule has 0 unspecified atom stereocenters. The number of benzene rings is 1. The molecule has 4 N–H and O–H groups in total. The topological polar surface area (TPSA) is 103 Å². The van der Waals surface area contributed by atoms with Gasteiger partial charge in [-0.05, 0) is 12.1 Å². The summed E-state index contributed by atoms with van der Waals surface area (Å²) in [5.74, 6) is 0.105. The molecule has 0 fully saturated rings. The van der Waals surface area contributed by atoms with Crippen LogP contribution in [0.4, 0.5) is 5.69 Å². The van der Waals surface area contributed by atoms with Gasteiger partial charge in [0.25, 0.3) is 5.91 Å². The van der Waals surface area contributed by atoms with Crippen molar-refractivity contribution < 1.29 is 19.1 Å². The maximum atomic E-state index is 11.5. The van der Waals surface area contributed by atoms with Gasteiger partial charge in [0.05, 0.1) is 6.61 Å². The number of rotatable bonds is 9. The molecule has 7 heteroatoms. The number of nitrogen functional groups attached to an aromatic ring is 1. The van der Waals surface area contributed by atoms with Crippen LogP contribution in [0.5, 0.6) is 5.75 Å². The standard InChI is InChI=1S/C14H21N3O4/c1-20-8-7-17-13(18)5-6-16-14(19)10-21-12-4-2-3-11(15)9-12/h2-4,9H,5-8,10,15H2,1H3,(H,16,19)(H,17,18). The molecule has 7 nitrogen and oxygen atoms in total. The lowest BCUT2D eigenvalue weighted by molar-refractivity contribution is -0.123. The van der Waals surface area contributed by atoms with Gasteiger partial charge in [-0.2, -0.15) is 0 Å². The quantitative estimate of drug-likeness (QED) is 0.437. The average Bonchev–Trinajstić information content (AvgIpc) is 2.45. The SMILES string of the molecule is COCCNC(=O)CCNC(=O)COc1cccc(N)c1. The largest absolute Gasteiger partial charge is 0.484 e. The molecule has 0 saturated carbocycles. The van der Waals surface area contributed by atoms with Crippen molar-refractivity contribution in [1.82, 2.24) is 10.6 Å². The molecule has 0 aliphatic carbocycles. The van der Waals surface area contributed by atoms with E-state index in [1.54, 1.807) is 31.4 Å². The molecule has 0 aromatic heterocycles. The number of anilines is 1. The van der Waals surface area contributed by atoms with Crippen LogP contribution in [0.15, 0.2) is 24.3 Å². The molecule has 0 aliphatic rings. The number of carbonyl (C=O) groups excluding carboxylic acids is 2. The Balaban J connectivity index is 2.12. The molecular weight excluding hydrogens is 274 g/mol. The highest BCUT2D eigenvalue weighted by Gasteiger charge is 2.05. The van der Waals surface area contributed by atoms with Crippen molar-refractivity contribution in [3.8, 4) is 5.75 Å². The van der Waals surface area contributed by atoms with E-state index in [4.69, 9.17) is 15.2 Å². The number of nitrogens with one attached hydrogen (secondary N) is 2. The fraction of sp³-hybridized carbons (Fsp3) is 0.429. The van der Waals surface area contributed by atoms with E-state index in [0.717, 1.165) is 0 Å². The molecule has 0 spiro atoms. The molecule has 21 heavy (non-hydrogen) atoms. The summed E-state index contributed by atoms with van der Waals surface area (Å²) < 4.78 is 10.1. The first-order valence-electron chi connectivity index (χ1n) is 6.62. The van der Waals surface area contributed by atoms with Crippen molar-refractivity contribution in [2.75, 3.05) is 39.1 Å². The molecule has 0 radical (unpaired) electrons. The fourth-order valence-electron chi connectivity index (χ4n) is 1.50. The Bertz CT molecular complexity index is 465. The van der Waals surface area contributed by atoms with Crippen LogP contribution in [0.1, 0.15) is 6.42 Å². The molecule has 1 rings (SSSR count). The number of methoxy groups -OCH3 is 1.